The van der Waals surface area contributed by atoms with Crippen molar-refractivity contribution in [1.82, 2.24) is 0 Å². The molecule has 1 heterocycles. The van der Waals surface area contributed by atoms with Gasteiger partial charge in [0.05, 0.1) is 11.5 Å². The third-order valence-corrected chi connectivity index (χ3v) is 4.95. The van der Waals surface area contributed by atoms with Crippen molar-refractivity contribution >= 4 is 11.5 Å². The molecule has 1 aliphatic heterocycles. The molecule has 0 aliphatic carbocycles. The lowest BCUT2D eigenvalue weighted by Gasteiger charge is -2.29. The number of hydrogen-bond acceptors (Lipinski definition) is 4. The maximum atomic E-state index is 14.8. The van der Waals surface area contributed by atoms with Crippen LogP contribution >= 0.6 is 0 Å². The summed E-state index contributed by atoms with van der Waals surface area (Å²) in [5.41, 5.74) is 7.44. The lowest BCUT2D eigenvalue weighted by Crippen LogP contribution is -2.25. The number of rotatable bonds is 4. The van der Waals surface area contributed by atoms with Gasteiger partial charge in [-0.15, -0.1) is 0 Å². The number of benzene rings is 3. The minimum absolute atomic E-state index is 0.000868. The Morgan fingerprint density at radius 2 is 1.53 bits per heavy atom. The molecule has 3 aromatic carbocycles. The van der Waals surface area contributed by atoms with Gasteiger partial charge in [-0.2, -0.15) is 5.26 Å². The number of ketones is 1. The molecule has 0 spiro atoms. The van der Waals surface area contributed by atoms with Crippen molar-refractivity contribution in [3.05, 3.63) is 124 Å². The molecule has 1 atom stereocenters. The van der Waals surface area contributed by atoms with Crippen LogP contribution in [0.4, 0.5) is 4.39 Å². The Labute approximate surface area is 173 Å². The molecule has 0 unspecified atom stereocenters. The van der Waals surface area contributed by atoms with Crippen molar-refractivity contribution in [3.63, 3.8) is 0 Å². The van der Waals surface area contributed by atoms with E-state index in [0.717, 1.165) is 0 Å². The zero-order chi connectivity index (χ0) is 21.1. The van der Waals surface area contributed by atoms with Crippen LogP contribution in [-0.2, 0) is 4.74 Å². The van der Waals surface area contributed by atoms with E-state index in [1.54, 1.807) is 72.8 Å². The van der Waals surface area contributed by atoms with E-state index in [1.807, 2.05) is 12.1 Å². The predicted octanol–water partition coefficient (Wildman–Crippen LogP) is 4.93. The van der Waals surface area contributed by atoms with Crippen LogP contribution in [0, 0.1) is 17.1 Å². The van der Waals surface area contributed by atoms with E-state index in [1.165, 1.54) is 6.07 Å². The number of carbonyl (C=O) groups is 1. The van der Waals surface area contributed by atoms with E-state index in [4.69, 9.17) is 10.5 Å². The molecule has 30 heavy (non-hydrogen) atoms. The first-order chi connectivity index (χ1) is 14.6. The van der Waals surface area contributed by atoms with E-state index in [0.29, 0.717) is 11.1 Å². The molecule has 146 valence electrons. The van der Waals surface area contributed by atoms with Crippen LogP contribution < -0.4 is 5.73 Å². The molecule has 0 bridgehead atoms. The van der Waals surface area contributed by atoms with Crippen molar-refractivity contribution in [1.29, 1.82) is 5.26 Å². The highest BCUT2D eigenvalue weighted by Crippen LogP contribution is 2.44. The van der Waals surface area contributed by atoms with E-state index < -0.39 is 11.7 Å². The predicted molar refractivity (Wildman–Crippen MR) is 111 cm³/mol. The minimum atomic E-state index is -0.993. The minimum Gasteiger partial charge on any atom is -0.439 e. The van der Waals surface area contributed by atoms with E-state index in [2.05, 4.69) is 0 Å². The second-order valence-electron chi connectivity index (χ2n) is 6.75. The molecule has 2 N–H and O–H groups in total. The zero-order valence-corrected chi connectivity index (χ0v) is 15.9. The molecule has 5 heteroatoms. The molecule has 0 fully saturated rings. The van der Waals surface area contributed by atoms with Gasteiger partial charge in [-0.3, -0.25) is 4.79 Å². The Bertz CT molecular complexity index is 1210. The van der Waals surface area contributed by atoms with E-state index in [-0.39, 0.29) is 34.1 Å². The van der Waals surface area contributed by atoms with Crippen molar-refractivity contribution in [3.8, 4) is 6.07 Å². The van der Waals surface area contributed by atoms with Crippen LogP contribution in [0.3, 0.4) is 0 Å². The number of Topliss-reactive ketones (excluding diaryl/α,β-unsaturated/α-hetero) is 1. The molecule has 0 radical (unpaired) electrons. The summed E-state index contributed by atoms with van der Waals surface area (Å²) >= 11 is 0. The average Bonchev–Trinajstić information content (AvgIpc) is 2.79. The van der Waals surface area contributed by atoms with Gasteiger partial charge in [-0.1, -0.05) is 78.9 Å². The average molecular weight is 396 g/mol. The van der Waals surface area contributed by atoms with Crippen LogP contribution in [0.1, 0.15) is 27.4 Å². The molecular formula is C25H17FN2O2. The fourth-order valence-electron chi connectivity index (χ4n) is 3.56. The molecule has 0 saturated carbocycles. The monoisotopic (exact) mass is 396 g/mol. The maximum absolute atomic E-state index is 14.8. The largest absolute Gasteiger partial charge is 0.439 e. The summed E-state index contributed by atoms with van der Waals surface area (Å²) in [7, 11) is 0. The normalized spacial score (nSPS) is 16.1. The van der Waals surface area contributed by atoms with Gasteiger partial charge in [0.15, 0.2) is 5.78 Å². The summed E-state index contributed by atoms with van der Waals surface area (Å²) in [6.07, 6.45) is 0. The van der Waals surface area contributed by atoms with Crippen LogP contribution in [0.25, 0.3) is 5.76 Å². The van der Waals surface area contributed by atoms with Crippen LogP contribution in [0.15, 0.2) is 102 Å². The van der Waals surface area contributed by atoms with Crippen LogP contribution in [0.2, 0.25) is 0 Å². The topological polar surface area (TPSA) is 76.1 Å². The van der Waals surface area contributed by atoms with E-state index in [9.17, 15) is 14.4 Å². The number of allylic oxidation sites excluding steroid dienone is 2. The molecule has 0 saturated heterocycles. The van der Waals surface area contributed by atoms with E-state index >= 15 is 0 Å². The van der Waals surface area contributed by atoms with Crippen LogP contribution in [-0.4, -0.2) is 5.78 Å². The molecule has 0 amide bonds. The Morgan fingerprint density at radius 3 is 2.17 bits per heavy atom. The highest BCUT2D eigenvalue weighted by atomic mass is 19.1. The summed E-state index contributed by atoms with van der Waals surface area (Å²) in [6.45, 7) is 0. The van der Waals surface area contributed by atoms with Crippen molar-refractivity contribution in [2.45, 2.75) is 5.92 Å². The standard InChI is InChI=1S/C25H17FN2O2/c26-20-14-8-7-13-18(20)21-19(15-27)25(28)30-24(17-11-5-2-6-12-17)22(21)23(29)16-9-3-1-4-10-16/h1-14,21H,28H2/t21-/m1/s1. The Balaban J connectivity index is 2.03. The van der Waals surface area contributed by atoms with Gasteiger partial charge in [0, 0.05) is 16.7 Å². The second-order valence-corrected chi connectivity index (χ2v) is 6.75. The second kappa shape index (κ2) is 8.06. The lowest BCUT2D eigenvalue weighted by molar-refractivity contribution is 0.102. The Kier molecular flexibility index (Phi) is 5.15. The summed E-state index contributed by atoms with van der Waals surface area (Å²) < 4.78 is 20.6. The summed E-state index contributed by atoms with van der Waals surface area (Å²) in [6, 6.07) is 25.7. The SMILES string of the molecule is N#CC1=C(N)OC(c2ccccc2)=C(C(=O)c2ccccc2)[C@@H]1c1ccccc1F. The fraction of sp³-hybridized carbons (Fsp3) is 0.0400. The molecular weight excluding hydrogens is 379 g/mol. The van der Waals surface area contributed by atoms with Crippen molar-refractivity contribution < 1.29 is 13.9 Å². The Hall–Kier alpha value is -4.17. The van der Waals surface area contributed by atoms with Gasteiger partial charge in [0.2, 0.25) is 5.88 Å². The van der Waals surface area contributed by atoms with Gasteiger partial charge in [0.25, 0.3) is 0 Å². The van der Waals surface area contributed by atoms with Gasteiger partial charge in [-0.25, -0.2) is 4.39 Å². The first-order valence-corrected chi connectivity index (χ1v) is 9.33. The number of ether oxygens (including phenoxy) is 1. The van der Waals surface area contributed by atoms with Crippen molar-refractivity contribution in [2.75, 3.05) is 0 Å². The molecule has 4 rings (SSSR count). The first kappa shape index (κ1) is 19.2. The molecule has 1 aliphatic rings. The summed E-state index contributed by atoms with van der Waals surface area (Å²) in [4.78, 5) is 13.6. The van der Waals surface area contributed by atoms with Crippen LogP contribution in [0.5, 0.6) is 0 Å². The zero-order valence-electron chi connectivity index (χ0n) is 15.9. The van der Waals surface area contributed by atoms with Gasteiger partial charge >= 0.3 is 0 Å². The summed E-state index contributed by atoms with van der Waals surface area (Å²) in [5.74, 6) is -1.81. The highest BCUT2D eigenvalue weighted by molar-refractivity contribution is 6.14. The molecule has 4 nitrogen and oxygen atoms in total. The smallest absolute Gasteiger partial charge is 0.205 e. The number of hydrogen-bond donors (Lipinski definition) is 1. The number of nitriles is 1. The fourth-order valence-corrected chi connectivity index (χ4v) is 3.56. The van der Waals surface area contributed by atoms with Crippen molar-refractivity contribution in [2.24, 2.45) is 5.73 Å². The highest BCUT2D eigenvalue weighted by Gasteiger charge is 2.38. The Morgan fingerprint density at radius 1 is 0.933 bits per heavy atom. The quantitative estimate of drug-likeness (QED) is 0.635. The third kappa shape index (κ3) is 3.36. The maximum Gasteiger partial charge on any atom is 0.205 e. The first-order valence-electron chi connectivity index (χ1n) is 9.33. The number of nitrogens with two attached hydrogens (primary N) is 1. The molecule has 3 aromatic rings. The molecule has 0 aromatic heterocycles. The number of nitrogens with zero attached hydrogens (tertiary/aromatic N) is 1. The third-order valence-electron chi connectivity index (χ3n) is 4.95. The lowest BCUT2D eigenvalue weighted by atomic mass is 9.78. The van der Waals surface area contributed by atoms with Gasteiger partial charge in [-0.05, 0) is 6.07 Å². The van der Waals surface area contributed by atoms with Gasteiger partial charge < -0.3 is 10.5 Å². The number of carbonyl (C=O) groups excluding carboxylic acids is 1. The summed E-state index contributed by atoms with van der Waals surface area (Å²) in [5, 5.41) is 9.79. The van der Waals surface area contributed by atoms with Gasteiger partial charge in [0.1, 0.15) is 23.2 Å². The number of halogens is 1.